The number of hydrogen-bond acceptors (Lipinski definition) is 4. The molecular formula is C10H19N3OS2. The summed E-state index contributed by atoms with van der Waals surface area (Å²) in [6, 6.07) is 0. The first-order valence-electron chi connectivity index (χ1n) is 5.42. The van der Waals surface area contributed by atoms with E-state index in [0.717, 1.165) is 19.4 Å². The summed E-state index contributed by atoms with van der Waals surface area (Å²) < 4.78 is 2.66. The molecule has 0 saturated heterocycles. The van der Waals surface area contributed by atoms with Crippen molar-refractivity contribution in [2.75, 3.05) is 6.26 Å². The first-order valence-corrected chi connectivity index (χ1v) is 7.05. The lowest BCUT2D eigenvalue weighted by Crippen LogP contribution is -2.30. The van der Waals surface area contributed by atoms with Crippen molar-refractivity contribution >= 4 is 24.0 Å². The zero-order valence-electron chi connectivity index (χ0n) is 9.99. The molecule has 6 heteroatoms. The molecule has 92 valence electrons. The Morgan fingerprint density at radius 2 is 2.12 bits per heavy atom. The fourth-order valence-electron chi connectivity index (χ4n) is 1.75. The Labute approximate surface area is 105 Å². The Kier molecular flexibility index (Phi) is 5.01. The van der Waals surface area contributed by atoms with E-state index in [1.165, 1.54) is 0 Å². The van der Waals surface area contributed by atoms with Gasteiger partial charge in [-0.05, 0) is 31.3 Å². The summed E-state index contributed by atoms with van der Waals surface area (Å²) in [5.74, 6) is 0.616. The maximum Gasteiger partial charge on any atom is 0.195 e. The summed E-state index contributed by atoms with van der Waals surface area (Å²) in [6.45, 7) is 5.09. The minimum absolute atomic E-state index is 0.0783. The van der Waals surface area contributed by atoms with Crippen LogP contribution in [0.4, 0.5) is 0 Å². The predicted octanol–water partition coefficient (Wildman–Crippen LogP) is 2.35. The molecule has 16 heavy (non-hydrogen) atoms. The van der Waals surface area contributed by atoms with E-state index in [1.54, 1.807) is 0 Å². The summed E-state index contributed by atoms with van der Waals surface area (Å²) >= 11 is 7.03. The molecule has 1 heterocycles. The van der Waals surface area contributed by atoms with Crippen LogP contribution in [-0.2, 0) is 13.2 Å². The Hall–Kier alpha value is -0.330. The zero-order chi connectivity index (χ0) is 12.2. The molecule has 0 aromatic carbocycles. The molecule has 0 aliphatic heterocycles. The van der Waals surface area contributed by atoms with Gasteiger partial charge in [-0.25, -0.2) is 0 Å². The molecule has 0 spiro atoms. The topological polar surface area (TPSA) is 53.8 Å². The highest BCUT2D eigenvalue weighted by Crippen LogP contribution is 2.32. The molecule has 0 unspecified atom stereocenters. The van der Waals surface area contributed by atoms with Gasteiger partial charge in [-0.15, -0.1) is 0 Å². The number of aliphatic hydroxyl groups is 1. The van der Waals surface area contributed by atoms with Crippen LogP contribution in [0, 0.1) is 4.77 Å². The van der Waals surface area contributed by atoms with Crippen LogP contribution in [0.5, 0.6) is 0 Å². The molecule has 1 rings (SSSR count). The number of aliphatic hydroxyl groups excluding tert-OH is 1. The number of H-pyrrole nitrogens is 1. The van der Waals surface area contributed by atoms with Gasteiger partial charge in [-0.1, -0.05) is 13.8 Å². The van der Waals surface area contributed by atoms with E-state index in [1.807, 2.05) is 16.3 Å². The van der Waals surface area contributed by atoms with Gasteiger partial charge in [0.15, 0.2) is 10.6 Å². The molecule has 0 saturated carbocycles. The fraction of sp³-hybridized carbons (Fsp3) is 0.800. The quantitative estimate of drug-likeness (QED) is 0.772. The molecule has 2 N–H and O–H groups in total. The van der Waals surface area contributed by atoms with E-state index in [0.29, 0.717) is 10.6 Å². The molecule has 0 fully saturated rings. The van der Waals surface area contributed by atoms with E-state index >= 15 is 0 Å². The van der Waals surface area contributed by atoms with Crippen molar-refractivity contribution in [3.05, 3.63) is 10.6 Å². The lowest BCUT2D eigenvalue weighted by molar-refractivity contribution is 0.261. The second kappa shape index (κ2) is 5.84. The maximum absolute atomic E-state index is 9.19. The van der Waals surface area contributed by atoms with Crippen LogP contribution in [0.2, 0.25) is 0 Å². The Morgan fingerprint density at radius 3 is 2.56 bits per heavy atom. The fourth-order valence-corrected chi connectivity index (χ4v) is 2.80. The number of aromatic nitrogens is 3. The van der Waals surface area contributed by atoms with Crippen molar-refractivity contribution in [2.45, 2.75) is 44.6 Å². The normalized spacial score (nSPS) is 12.0. The number of aromatic amines is 1. The number of nitrogens with one attached hydrogen (secondary N) is 1. The van der Waals surface area contributed by atoms with Crippen LogP contribution >= 0.6 is 24.0 Å². The van der Waals surface area contributed by atoms with Gasteiger partial charge in [-0.2, -0.15) is 16.9 Å². The highest BCUT2D eigenvalue weighted by molar-refractivity contribution is 8.00. The van der Waals surface area contributed by atoms with E-state index in [-0.39, 0.29) is 11.4 Å². The van der Waals surface area contributed by atoms with Crippen molar-refractivity contribution in [1.82, 2.24) is 14.8 Å². The van der Waals surface area contributed by atoms with Gasteiger partial charge in [0, 0.05) is 11.3 Å². The van der Waals surface area contributed by atoms with Gasteiger partial charge >= 0.3 is 0 Å². The molecule has 0 amide bonds. The number of nitrogens with zero attached hydrogens (tertiary/aromatic N) is 2. The number of thioether (sulfide) groups is 1. The van der Waals surface area contributed by atoms with E-state index in [9.17, 15) is 5.11 Å². The summed E-state index contributed by atoms with van der Waals surface area (Å²) in [7, 11) is 0. The molecule has 0 aliphatic carbocycles. The first-order chi connectivity index (χ1) is 7.62. The summed E-state index contributed by atoms with van der Waals surface area (Å²) in [6.07, 6.45) is 4.26. The van der Waals surface area contributed by atoms with Crippen molar-refractivity contribution in [1.29, 1.82) is 0 Å². The van der Waals surface area contributed by atoms with Gasteiger partial charge in [-0.3, -0.25) is 5.10 Å². The molecule has 0 radical (unpaired) electrons. The van der Waals surface area contributed by atoms with Crippen LogP contribution in [0.25, 0.3) is 0 Å². The molecule has 0 atom stereocenters. The lowest BCUT2D eigenvalue weighted by atomic mass is 10.0. The second-order valence-corrected chi connectivity index (χ2v) is 5.44. The Morgan fingerprint density at radius 1 is 1.50 bits per heavy atom. The minimum atomic E-state index is -0.0783. The zero-order valence-corrected chi connectivity index (χ0v) is 11.6. The third-order valence-electron chi connectivity index (χ3n) is 3.15. The smallest absolute Gasteiger partial charge is 0.195 e. The standard InChI is InChI=1S/C10H19N3OS2/c1-4-10(5-2,16-3)7-13-8(6-14)11-12-9(13)15/h14H,4-7H2,1-3H3,(H,12,15). The SMILES string of the molecule is CCC(CC)(Cn1c(CO)n[nH]c1=S)SC. The summed E-state index contributed by atoms with van der Waals surface area (Å²) in [5, 5.41) is 15.9. The summed E-state index contributed by atoms with van der Waals surface area (Å²) in [4.78, 5) is 0. The van der Waals surface area contributed by atoms with Gasteiger partial charge in [0.25, 0.3) is 0 Å². The molecule has 1 aromatic rings. The van der Waals surface area contributed by atoms with E-state index in [2.05, 4.69) is 30.3 Å². The van der Waals surface area contributed by atoms with Crippen molar-refractivity contribution in [3.8, 4) is 0 Å². The van der Waals surface area contributed by atoms with Crippen molar-refractivity contribution in [2.24, 2.45) is 0 Å². The molecular weight excluding hydrogens is 242 g/mol. The molecule has 0 bridgehead atoms. The highest BCUT2D eigenvalue weighted by atomic mass is 32.2. The average molecular weight is 261 g/mol. The van der Waals surface area contributed by atoms with Gasteiger partial charge in [0.1, 0.15) is 6.61 Å². The number of rotatable bonds is 6. The number of hydrogen-bond donors (Lipinski definition) is 2. The second-order valence-electron chi connectivity index (χ2n) is 3.78. The van der Waals surface area contributed by atoms with Gasteiger partial charge in [0.05, 0.1) is 0 Å². The Balaban J connectivity index is 3.01. The van der Waals surface area contributed by atoms with Crippen LogP contribution in [-0.4, -0.2) is 30.9 Å². The monoisotopic (exact) mass is 261 g/mol. The average Bonchev–Trinajstić information content (AvgIpc) is 2.67. The maximum atomic E-state index is 9.19. The van der Waals surface area contributed by atoms with E-state index in [4.69, 9.17) is 12.2 Å². The van der Waals surface area contributed by atoms with E-state index < -0.39 is 0 Å². The largest absolute Gasteiger partial charge is 0.388 e. The van der Waals surface area contributed by atoms with Crippen molar-refractivity contribution < 1.29 is 5.11 Å². The van der Waals surface area contributed by atoms with Gasteiger partial charge < -0.3 is 9.67 Å². The lowest BCUT2D eigenvalue weighted by Gasteiger charge is -2.30. The molecule has 1 aromatic heterocycles. The molecule has 0 aliphatic rings. The Bertz CT molecular complexity index is 373. The predicted molar refractivity (Wildman–Crippen MR) is 70.2 cm³/mol. The van der Waals surface area contributed by atoms with Crippen LogP contribution in [0.3, 0.4) is 0 Å². The van der Waals surface area contributed by atoms with Crippen LogP contribution < -0.4 is 0 Å². The van der Waals surface area contributed by atoms with Crippen LogP contribution in [0.15, 0.2) is 0 Å². The van der Waals surface area contributed by atoms with Crippen LogP contribution in [0.1, 0.15) is 32.5 Å². The van der Waals surface area contributed by atoms with Crippen molar-refractivity contribution in [3.63, 3.8) is 0 Å². The third kappa shape index (κ3) is 2.67. The third-order valence-corrected chi connectivity index (χ3v) is 5.03. The van der Waals surface area contributed by atoms with Gasteiger partial charge in [0.2, 0.25) is 0 Å². The molecule has 4 nitrogen and oxygen atoms in total. The minimum Gasteiger partial charge on any atom is -0.388 e. The summed E-state index contributed by atoms with van der Waals surface area (Å²) in [5.41, 5.74) is 0. The first kappa shape index (κ1) is 13.7. The highest BCUT2D eigenvalue weighted by Gasteiger charge is 2.26.